The number of halogens is 3. The highest BCUT2D eigenvalue weighted by Gasteiger charge is 2.39. The molecule has 0 bridgehead atoms. The molecule has 0 unspecified atom stereocenters. The van der Waals surface area contributed by atoms with Crippen molar-refractivity contribution < 1.29 is 22.8 Å². The van der Waals surface area contributed by atoms with Crippen molar-refractivity contribution in [1.82, 2.24) is 0 Å². The molecule has 1 heterocycles. The minimum Gasteiger partial charge on any atom is -0.304 e. The lowest BCUT2D eigenvalue weighted by Gasteiger charge is -2.22. The van der Waals surface area contributed by atoms with Crippen molar-refractivity contribution in [3.8, 4) is 0 Å². The monoisotopic (exact) mass is 257 g/mol. The number of anilines is 1. The maximum Gasteiger partial charge on any atom is 0.418 e. The van der Waals surface area contributed by atoms with E-state index in [-0.39, 0.29) is 24.4 Å². The molecule has 1 aromatic carbocycles. The van der Waals surface area contributed by atoms with Gasteiger partial charge in [-0.2, -0.15) is 13.2 Å². The van der Waals surface area contributed by atoms with Crippen LogP contribution in [0.4, 0.5) is 18.9 Å². The molecule has 1 aliphatic rings. The van der Waals surface area contributed by atoms with Gasteiger partial charge in [0.25, 0.3) is 0 Å². The Morgan fingerprint density at radius 2 is 1.89 bits per heavy atom. The number of para-hydroxylation sites is 1. The number of nitrogens with zero attached hydrogens (tertiary/aromatic N) is 1. The van der Waals surface area contributed by atoms with Gasteiger partial charge in [0.05, 0.1) is 24.2 Å². The van der Waals surface area contributed by atoms with Crippen LogP contribution in [0.1, 0.15) is 17.5 Å². The molecule has 1 aromatic rings. The summed E-state index contributed by atoms with van der Waals surface area (Å²) in [6, 6.07) is 3.68. The Morgan fingerprint density at radius 1 is 1.22 bits per heavy atom. The standard InChI is InChI=1S/C12H10F3NO2/c1-7-3-2-4-9(12(13,14)15)11(7)16-6-8(17)5-10(16)18/h2-4H,5-6H2,1H3. The minimum absolute atomic E-state index is 0.208. The molecule has 0 spiro atoms. The summed E-state index contributed by atoms with van der Waals surface area (Å²) < 4.78 is 38.6. The van der Waals surface area contributed by atoms with Gasteiger partial charge in [-0.1, -0.05) is 12.1 Å². The number of benzene rings is 1. The second-order valence-corrected chi connectivity index (χ2v) is 4.16. The number of alkyl halides is 3. The molecule has 2 rings (SSSR count). The third-order valence-corrected chi connectivity index (χ3v) is 2.80. The molecule has 96 valence electrons. The highest BCUT2D eigenvalue weighted by atomic mass is 19.4. The maximum absolute atomic E-state index is 12.9. The van der Waals surface area contributed by atoms with Crippen LogP contribution in [0.25, 0.3) is 0 Å². The van der Waals surface area contributed by atoms with Gasteiger partial charge in [0.1, 0.15) is 0 Å². The molecular weight excluding hydrogens is 247 g/mol. The lowest BCUT2D eigenvalue weighted by atomic mass is 10.1. The first-order chi connectivity index (χ1) is 8.30. The predicted octanol–water partition coefficient (Wildman–Crippen LogP) is 2.32. The number of hydrogen-bond acceptors (Lipinski definition) is 2. The fourth-order valence-electron chi connectivity index (χ4n) is 2.03. The first-order valence-electron chi connectivity index (χ1n) is 5.29. The molecular formula is C12H10F3NO2. The molecule has 0 aliphatic carbocycles. The van der Waals surface area contributed by atoms with Crippen molar-refractivity contribution >= 4 is 17.4 Å². The number of hydrogen-bond donors (Lipinski definition) is 0. The third-order valence-electron chi connectivity index (χ3n) is 2.80. The summed E-state index contributed by atoms with van der Waals surface area (Å²) in [5.41, 5.74) is -0.765. The van der Waals surface area contributed by atoms with E-state index in [1.807, 2.05) is 0 Å². The van der Waals surface area contributed by atoms with Gasteiger partial charge < -0.3 is 4.90 Å². The number of aryl methyl sites for hydroxylation is 1. The van der Waals surface area contributed by atoms with E-state index in [1.54, 1.807) is 0 Å². The predicted molar refractivity (Wildman–Crippen MR) is 58.2 cm³/mol. The summed E-state index contributed by atoms with van der Waals surface area (Å²) in [6.07, 6.45) is -4.88. The van der Waals surface area contributed by atoms with Crippen molar-refractivity contribution in [2.75, 3.05) is 11.4 Å². The van der Waals surface area contributed by atoms with Gasteiger partial charge in [0, 0.05) is 0 Å². The number of amides is 1. The van der Waals surface area contributed by atoms with Crippen LogP contribution in [0.5, 0.6) is 0 Å². The molecule has 6 heteroatoms. The Morgan fingerprint density at radius 3 is 2.39 bits per heavy atom. The number of carbonyl (C=O) groups is 2. The van der Waals surface area contributed by atoms with Crippen molar-refractivity contribution in [2.24, 2.45) is 0 Å². The largest absolute Gasteiger partial charge is 0.418 e. The Balaban J connectivity index is 2.56. The van der Waals surface area contributed by atoms with E-state index in [9.17, 15) is 22.8 Å². The molecule has 18 heavy (non-hydrogen) atoms. The lowest BCUT2D eigenvalue weighted by Crippen LogP contribution is -2.28. The zero-order valence-corrected chi connectivity index (χ0v) is 9.54. The molecule has 1 amide bonds. The summed E-state index contributed by atoms with van der Waals surface area (Å²) in [7, 11) is 0. The second kappa shape index (κ2) is 4.12. The van der Waals surface area contributed by atoms with Crippen LogP contribution in [-0.4, -0.2) is 18.2 Å². The zero-order valence-electron chi connectivity index (χ0n) is 9.54. The van der Waals surface area contributed by atoms with Gasteiger partial charge in [0.15, 0.2) is 5.78 Å². The van der Waals surface area contributed by atoms with E-state index < -0.39 is 17.6 Å². The summed E-state index contributed by atoms with van der Waals surface area (Å²) >= 11 is 0. The molecule has 0 atom stereocenters. The summed E-state index contributed by atoms with van der Waals surface area (Å²) in [5.74, 6) is -0.948. The fraction of sp³-hybridized carbons (Fsp3) is 0.333. The Labute approximate surface area is 101 Å². The summed E-state index contributed by atoms with van der Waals surface area (Å²) in [6.45, 7) is 1.20. The first-order valence-corrected chi connectivity index (χ1v) is 5.29. The number of carbonyl (C=O) groups excluding carboxylic acids is 2. The normalized spacial score (nSPS) is 16.6. The molecule has 1 aliphatic heterocycles. The molecule has 0 aromatic heterocycles. The highest BCUT2D eigenvalue weighted by molar-refractivity contribution is 6.15. The van der Waals surface area contributed by atoms with Crippen LogP contribution in [-0.2, 0) is 15.8 Å². The van der Waals surface area contributed by atoms with Crippen molar-refractivity contribution in [3.05, 3.63) is 29.3 Å². The van der Waals surface area contributed by atoms with Crippen LogP contribution >= 0.6 is 0 Å². The molecule has 0 saturated carbocycles. The minimum atomic E-state index is -4.55. The van der Waals surface area contributed by atoms with Gasteiger partial charge >= 0.3 is 6.18 Å². The topological polar surface area (TPSA) is 37.4 Å². The third kappa shape index (κ3) is 2.10. The zero-order chi connectivity index (χ0) is 13.5. The lowest BCUT2D eigenvalue weighted by molar-refractivity contribution is -0.137. The summed E-state index contributed by atoms with van der Waals surface area (Å²) in [4.78, 5) is 23.6. The Bertz CT molecular complexity index is 523. The van der Waals surface area contributed by atoms with Crippen LogP contribution in [0.3, 0.4) is 0 Å². The molecule has 0 radical (unpaired) electrons. The van der Waals surface area contributed by atoms with Crippen LogP contribution in [0, 0.1) is 6.92 Å². The van der Waals surface area contributed by atoms with Gasteiger partial charge in [-0.05, 0) is 18.6 Å². The highest BCUT2D eigenvalue weighted by Crippen LogP contribution is 2.39. The fourth-order valence-corrected chi connectivity index (χ4v) is 2.03. The first kappa shape index (κ1) is 12.6. The number of ketones is 1. The van der Waals surface area contributed by atoms with Crippen LogP contribution in [0.15, 0.2) is 18.2 Å². The second-order valence-electron chi connectivity index (χ2n) is 4.16. The van der Waals surface area contributed by atoms with E-state index in [1.165, 1.54) is 19.1 Å². The Kier molecular flexibility index (Phi) is 2.88. The number of rotatable bonds is 1. The van der Waals surface area contributed by atoms with E-state index in [0.717, 1.165) is 11.0 Å². The van der Waals surface area contributed by atoms with Gasteiger partial charge in [0.2, 0.25) is 5.91 Å². The quantitative estimate of drug-likeness (QED) is 0.724. The SMILES string of the molecule is Cc1cccc(C(F)(F)F)c1N1CC(=O)CC1=O. The summed E-state index contributed by atoms with van der Waals surface area (Å²) in [5, 5.41) is 0. The van der Waals surface area contributed by atoms with Crippen molar-refractivity contribution in [3.63, 3.8) is 0 Å². The van der Waals surface area contributed by atoms with Gasteiger partial charge in [-0.15, -0.1) is 0 Å². The van der Waals surface area contributed by atoms with Crippen LogP contribution < -0.4 is 4.90 Å². The van der Waals surface area contributed by atoms with E-state index in [2.05, 4.69) is 0 Å². The van der Waals surface area contributed by atoms with Crippen molar-refractivity contribution in [1.29, 1.82) is 0 Å². The van der Waals surface area contributed by atoms with Crippen LogP contribution in [0.2, 0.25) is 0 Å². The van der Waals surface area contributed by atoms with Gasteiger partial charge in [-0.25, -0.2) is 0 Å². The van der Waals surface area contributed by atoms with E-state index in [4.69, 9.17) is 0 Å². The van der Waals surface area contributed by atoms with Crippen molar-refractivity contribution in [2.45, 2.75) is 19.5 Å². The van der Waals surface area contributed by atoms with Gasteiger partial charge in [-0.3, -0.25) is 9.59 Å². The smallest absolute Gasteiger partial charge is 0.304 e. The molecule has 0 N–H and O–H groups in total. The average molecular weight is 257 g/mol. The number of Topliss-reactive ketones (excluding diaryl/α,β-unsaturated/α-hetero) is 1. The molecule has 1 fully saturated rings. The molecule has 1 saturated heterocycles. The van der Waals surface area contributed by atoms with E-state index >= 15 is 0 Å². The van der Waals surface area contributed by atoms with E-state index in [0.29, 0.717) is 5.56 Å². The maximum atomic E-state index is 12.9. The average Bonchev–Trinajstić information content (AvgIpc) is 2.56. The Hall–Kier alpha value is -1.85. The molecule has 3 nitrogen and oxygen atoms in total.